The Balaban J connectivity index is 2.93. The summed E-state index contributed by atoms with van der Waals surface area (Å²) in [6.07, 6.45) is 0.225. The van der Waals surface area contributed by atoms with Gasteiger partial charge in [-0.15, -0.1) is 0 Å². The third kappa shape index (κ3) is 3.42. The Morgan fingerprint density at radius 3 is 2.72 bits per heavy atom. The lowest BCUT2D eigenvalue weighted by Crippen LogP contribution is -2.37. The highest BCUT2D eigenvalue weighted by atomic mass is 35.5. The van der Waals surface area contributed by atoms with Crippen molar-refractivity contribution < 1.29 is 19.6 Å². The van der Waals surface area contributed by atoms with Gasteiger partial charge in [-0.05, 0) is 5.56 Å². The van der Waals surface area contributed by atoms with E-state index in [0.29, 0.717) is 5.56 Å². The molecular weight excluding hydrogens is 264 g/mol. The monoisotopic (exact) mass is 272 g/mol. The number of nitro benzene ring substituents is 1. The van der Waals surface area contributed by atoms with Crippen molar-refractivity contribution in [3.8, 4) is 0 Å². The minimum Gasteiger partial charge on any atom is -0.480 e. The second-order valence-corrected chi connectivity index (χ2v) is 3.82. The molecule has 1 rings (SSSR count). The van der Waals surface area contributed by atoms with E-state index in [4.69, 9.17) is 16.7 Å². The van der Waals surface area contributed by atoms with Gasteiger partial charge < -0.3 is 10.4 Å². The van der Waals surface area contributed by atoms with Crippen LogP contribution in [0.4, 0.5) is 5.69 Å². The third-order valence-corrected chi connectivity index (χ3v) is 2.59. The van der Waals surface area contributed by atoms with Crippen LogP contribution >= 0.6 is 11.6 Å². The van der Waals surface area contributed by atoms with Gasteiger partial charge in [0.15, 0.2) is 0 Å². The Kier molecular flexibility index (Phi) is 4.61. The number of rotatable bonds is 6. The van der Waals surface area contributed by atoms with Crippen LogP contribution in [0.3, 0.4) is 0 Å². The number of nitrogens with one attached hydrogen (secondary N) is 1. The average Bonchev–Trinajstić information content (AvgIpc) is 2.30. The molecule has 0 aliphatic heterocycles. The number of carbonyl (C=O) groups is 2. The molecule has 96 valence electrons. The van der Waals surface area contributed by atoms with Crippen molar-refractivity contribution in [2.75, 3.05) is 0 Å². The average molecular weight is 273 g/mol. The molecule has 0 radical (unpaired) electrons. The van der Waals surface area contributed by atoms with E-state index in [-0.39, 0.29) is 23.5 Å². The molecule has 1 unspecified atom stereocenters. The molecule has 7 nitrogen and oxygen atoms in total. The number of nitro groups is 1. The molecule has 1 aromatic rings. The van der Waals surface area contributed by atoms with Crippen LogP contribution in [0.15, 0.2) is 18.2 Å². The molecule has 2 N–H and O–H groups in total. The first-order valence-electron chi connectivity index (χ1n) is 4.81. The van der Waals surface area contributed by atoms with Crippen LogP contribution in [0, 0.1) is 10.1 Å². The van der Waals surface area contributed by atoms with E-state index in [1.165, 1.54) is 12.1 Å². The highest BCUT2D eigenvalue weighted by Gasteiger charge is 2.19. The first kappa shape index (κ1) is 13.9. The number of halogens is 1. The van der Waals surface area contributed by atoms with E-state index in [9.17, 15) is 19.7 Å². The smallest absolute Gasteiger partial charge is 0.326 e. The van der Waals surface area contributed by atoms with E-state index < -0.39 is 16.9 Å². The lowest BCUT2D eigenvalue weighted by Gasteiger charge is -2.11. The summed E-state index contributed by atoms with van der Waals surface area (Å²) in [5.41, 5.74) is 0.225. The van der Waals surface area contributed by atoms with Crippen LogP contribution in [-0.2, 0) is 16.0 Å². The predicted molar refractivity (Wildman–Crippen MR) is 62.4 cm³/mol. The van der Waals surface area contributed by atoms with Crippen LogP contribution in [0.25, 0.3) is 0 Å². The van der Waals surface area contributed by atoms with Crippen molar-refractivity contribution in [1.29, 1.82) is 0 Å². The Labute approximate surface area is 107 Å². The van der Waals surface area contributed by atoms with Crippen molar-refractivity contribution in [1.82, 2.24) is 5.32 Å². The summed E-state index contributed by atoms with van der Waals surface area (Å²) in [4.78, 5) is 30.9. The number of nitrogens with zero attached hydrogens (tertiary/aromatic N) is 1. The van der Waals surface area contributed by atoms with Gasteiger partial charge in [0, 0.05) is 18.6 Å². The number of carbonyl (C=O) groups excluding carboxylic acids is 1. The van der Waals surface area contributed by atoms with Crippen LogP contribution in [0.1, 0.15) is 5.56 Å². The zero-order valence-corrected chi connectivity index (χ0v) is 9.76. The Bertz CT molecular complexity index is 491. The minimum absolute atomic E-state index is 0.0507. The quantitative estimate of drug-likeness (QED) is 0.456. The summed E-state index contributed by atoms with van der Waals surface area (Å²) in [7, 11) is 0. The van der Waals surface area contributed by atoms with E-state index in [1.807, 2.05) is 0 Å². The van der Waals surface area contributed by atoms with Gasteiger partial charge in [-0.25, -0.2) is 4.79 Å². The second kappa shape index (κ2) is 5.97. The molecule has 0 aliphatic rings. The molecule has 0 fully saturated rings. The largest absolute Gasteiger partial charge is 0.480 e. The summed E-state index contributed by atoms with van der Waals surface area (Å²) in [6.45, 7) is 0. The molecule has 1 aromatic carbocycles. The number of carboxylic acid groups (broad SMARTS) is 1. The number of carboxylic acids is 1. The molecule has 0 aliphatic carbocycles. The highest BCUT2D eigenvalue weighted by molar-refractivity contribution is 6.31. The zero-order valence-electron chi connectivity index (χ0n) is 9.00. The van der Waals surface area contributed by atoms with E-state index >= 15 is 0 Å². The molecule has 0 saturated carbocycles. The minimum atomic E-state index is -1.21. The summed E-state index contributed by atoms with van der Waals surface area (Å²) in [5.74, 6) is -1.21. The summed E-state index contributed by atoms with van der Waals surface area (Å²) >= 11 is 5.81. The van der Waals surface area contributed by atoms with Crippen molar-refractivity contribution >= 4 is 29.7 Å². The first-order chi connectivity index (χ1) is 8.45. The second-order valence-electron chi connectivity index (χ2n) is 3.41. The van der Waals surface area contributed by atoms with Crippen LogP contribution in [-0.4, -0.2) is 28.5 Å². The number of hydrogen-bond acceptors (Lipinski definition) is 4. The van der Waals surface area contributed by atoms with Gasteiger partial charge in [0.1, 0.15) is 6.04 Å². The van der Waals surface area contributed by atoms with Crippen LogP contribution in [0.5, 0.6) is 0 Å². The predicted octanol–water partition coefficient (Wildman–Crippen LogP) is 0.990. The van der Waals surface area contributed by atoms with Gasteiger partial charge >= 0.3 is 5.97 Å². The maximum absolute atomic E-state index is 10.8. The van der Waals surface area contributed by atoms with Crippen LogP contribution in [0.2, 0.25) is 5.02 Å². The van der Waals surface area contributed by atoms with Gasteiger partial charge in [-0.2, -0.15) is 0 Å². The molecule has 0 saturated heterocycles. The number of aliphatic carboxylic acids is 1. The number of benzene rings is 1. The normalized spacial score (nSPS) is 11.6. The fourth-order valence-corrected chi connectivity index (χ4v) is 1.59. The van der Waals surface area contributed by atoms with Crippen molar-refractivity contribution in [3.05, 3.63) is 38.9 Å². The topological polar surface area (TPSA) is 110 Å². The lowest BCUT2D eigenvalue weighted by molar-refractivity contribution is -0.384. The van der Waals surface area contributed by atoms with E-state index in [1.54, 1.807) is 0 Å². The van der Waals surface area contributed by atoms with Crippen molar-refractivity contribution in [2.45, 2.75) is 12.5 Å². The number of hydrogen-bond donors (Lipinski definition) is 2. The molecule has 1 atom stereocenters. The molecule has 1 amide bonds. The molecule has 0 heterocycles. The molecular formula is C10H9ClN2O5. The Morgan fingerprint density at radius 1 is 1.61 bits per heavy atom. The summed E-state index contributed by atoms with van der Waals surface area (Å²) in [6, 6.07) is 2.60. The van der Waals surface area contributed by atoms with Crippen LogP contribution < -0.4 is 5.32 Å². The molecule has 18 heavy (non-hydrogen) atoms. The van der Waals surface area contributed by atoms with Gasteiger partial charge in [0.05, 0.1) is 9.95 Å². The standard InChI is InChI=1S/C10H9ClN2O5/c11-8-4-7(13(17)18)2-1-6(8)3-9(10(15)16)12-5-14/h1-2,4-5,9H,3H2,(H,12,14)(H,15,16). The van der Waals surface area contributed by atoms with Gasteiger partial charge in [-0.1, -0.05) is 17.7 Å². The molecule has 8 heteroatoms. The fraction of sp³-hybridized carbons (Fsp3) is 0.200. The molecule has 0 bridgehead atoms. The zero-order chi connectivity index (χ0) is 13.7. The Morgan fingerprint density at radius 2 is 2.28 bits per heavy atom. The van der Waals surface area contributed by atoms with Crippen molar-refractivity contribution in [3.63, 3.8) is 0 Å². The van der Waals surface area contributed by atoms with E-state index in [0.717, 1.165) is 6.07 Å². The van der Waals surface area contributed by atoms with Gasteiger partial charge in [0.25, 0.3) is 5.69 Å². The van der Waals surface area contributed by atoms with Crippen molar-refractivity contribution in [2.24, 2.45) is 0 Å². The maximum Gasteiger partial charge on any atom is 0.326 e. The van der Waals surface area contributed by atoms with Gasteiger partial charge in [0.2, 0.25) is 6.41 Å². The number of non-ortho nitro benzene ring substituents is 1. The summed E-state index contributed by atoms with van der Waals surface area (Å²) < 4.78 is 0. The highest BCUT2D eigenvalue weighted by Crippen LogP contribution is 2.23. The third-order valence-electron chi connectivity index (χ3n) is 2.24. The molecule has 0 spiro atoms. The summed E-state index contributed by atoms with van der Waals surface area (Å²) in [5, 5.41) is 21.5. The fourth-order valence-electron chi connectivity index (χ4n) is 1.33. The Hall–Kier alpha value is -2.15. The maximum atomic E-state index is 10.8. The SMILES string of the molecule is O=CNC(Cc1ccc([N+](=O)[O-])cc1Cl)C(=O)O. The van der Waals surface area contributed by atoms with Gasteiger partial charge in [-0.3, -0.25) is 14.9 Å². The van der Waals surface area contributed by atoms with E-state index in [2.05, 4.69) is 5.32 Å². The lowest BCUT2D eigenvalue weighted by atomic mass is 10.1. The number of amides is 1. The molecule has 0 aromatic heterocycles. The first-order valence-corrected chi connectivity index (χ1v) is 5.18.